The minimum atomic E-state index is -3.96. The molecule has 0 spiro atoms. The summed E-state index contributed by atoms with van der Waals surface area (Å²) < 4.78 is 74.6. The lowest BCUT2D eigenvalue weighted by Crippen LogP contribution is -2.31. The number of aromatic nitrogens is 6. The summed E-state index contributed by atoms with van der Waals surface area (Å²) in [5.41, 5.74) is 9.11. The molecule has 0 amide bonds. The quantitative estimate of drug-likeness (QED) is 0.0316. The monoisotopic (exact) mass is 1480 g/mol. The first-order valence-electron chi connectivity index (χ1n) is 35.5. The molecule has 1 N–H and O–H groups in total. The number of pyridine rings is 3. The van der Waals surface area contributed by atoms with E-state index in [4.69, 9.17) is 47.3 Å². The molecule has 5 unspecified atom stereocenters. The molecule has 5 atom stereocenters. The molecular formula is C82H93N7O11S4. The van der Waals surface area contributed by atoms with E-state index in [0.717, 1.165) is 161 Å². The van der Waals surface area contributed by atoms with E-state index in [1.165, 1.54) is 36.3 Å². The van der Waals surface area contributed by atoms with Crippen molar-refractivity contribution in [1.82, 2.24) is 29.9 Å². The van der Waals surface area contributed by atoms with Crippen molar-refractivity contribution < 1.29 is 50.9 Å². The van der Waals surface area contributed by atoms with Gasteiger partial charge < -0.3 is 43.2 Å². The van der Waals surface area contributed by atoms with Crippen LogP contribution in [0.1, 0.15) is 128 Å². The highest BCUT2D eigenvalue weighted by Crippen LogP contribution is 2.32. The first-order valence-corrected chi connectivity index (χ1v) is 39.4. The summed E-state index contributed by atoms with van der Waals surface area (Å²) in [6.45, 7) is 12.2. The molecular weight excluding hydrogens is 1390 g/mol. The zero-order valence-electron chi connectivity index (χ0n) is 60.1. The second kappa shape index (κ2) is 40.6. The molecule has 4 aromatic carbocycles. The Labute approximate surface area is 623 Å². The molecule has 0 radical (unpaired) electrons. The van der Waals surface area contributed by atoms with Crippen molar-refractivity contribution in [2.45, 2.75) is 135 Å². The Morgan fingerprint density at radius 2 is 0.952 bits per heavy atom. The average molecular weight is 1480 g/mol. The van der Waals surface area contributed by atoms with Crippen LogP contribution in [0.4, 0.5) is 5.82 Å². The largest absolute Gasteiger partial charge is 0.491 e. The number of hydrogen-bond donors (Lipinski definition) is 1. The normalized spacial score (nSPS) is 16.0. The second-order valence-corrected chi connectivity index (χ2v) is 29.7. The number of aliphatic hydroxyl groups is 1. The van der Waals surface area contributed by atoms with Crippen LogP contribution in [-0.2, 0) is 46.1 Å². The Hall–Kier alpha value is -8.65. The molecule has 18 nitrogen and oxygen atoms in total. The number of ether oxygens (including phenoxy) is 7. The van der Waals surface area contributed by atoms with E-state index >= 15 is 0 Å². The zero-order chi connectivity index (χ0) is 72.9. The molecule has 2 fully saturated rings. The summed E-state index contributed by atoms with van der Waals surface area (Å²) in [6.07, 6.45) is 38.8. The maximum Gasteiger partial charge on any atom is 0.297 e. The number of fused-ring (bicyclic) bond motifs is 3. The van der Waals surface area contributed by atoms with Crippen LogP contribution < -0.4 is 19.1 Å². The molecule has 104 heavy (non-hydrogen) atoms. The van der Waals surface area contributed by atoms with Gasteiger partial charge in [-0.1, -0.05) is 112 Å². The van der Waals surface area contributed by atoms with Crippen molar-refractivity contribution in [1.29, 1.82) is 0 Å². The number of nitrogens with zero attached hydrogens (tertiary/aromatic N) is 7. The van der Waals surface area contributed by atoms with Gasteiger partial charge in [0.15, 0.2) is 12.6 Å². The third-order valence-electron chi connectivity index (χ3n) is 16.7. The van der Waals surface area contributed by atoms with Crippen LogP contribution in [0, 0.1) is 6.92 Å². The van der Waals surface area contributed by atoms with Crippen LogP contribution in [0.3, 0.4) is 0 Å². The van der Waals surface area contributed by atoms with E-state index in [2.05, 4.69) is 84.0 Å². The molecule has 0 aliphatic carbocycles. The molecule has 2 aliphatic heterocycles. The predicted molar refractivity (Wildman–Crippen MR) is 423 cm³/mol. The molecule has 546 valence electrons. The second-order valence-electron chi connectivity index (χ2n) is 24.9. The third-order valence-corrected chi connectivity index (χ3v) is 20.9. The lowest BCUT2D eigenvalue weighted by molar-refractivity contribution is -0.193. The van der Waals surface area contributed by atoms with Crippen molar-refractivity contribution in [2.75, 3.05) is 58.6 Å². The topological polar surface area (TPSA) is 209 Å². The number of hydrogen-bond acceptors (Lipinski definition) is 21. The molecule has 8 heterocycles. The summed E-state index contributed by atoms with van der Waals surface area (Å²) in [5.74, 6) is 3.08. The van der Waals surface area contributed by atoms with Gasteiger partial charge in [0.25, 0.3) is 10.1 Å². The van der Waals surface area contributed by atoms with Gasteiger partial charge in [-0.15, -0.1) is 34.0 Å². The molecule has 22 heteroatoms. The van der Waals surface area contributed by atoms with E-state index in [1.807, 2.05) is 166 Å². The van der Waals surface area contributed by atoms with Gasteiger partial charge in [-0.3, -0.25) is 14.2 Å². The smallest absolute Gasteiger partial charge is 0.297 e. The lowest BCUT2D eigenvalue weighted by Gasteiger charge is -2.27. The van der Waals surface area contributed by atoms with Gasteiger partial charge in [0.1, 0.15) is 64.0 Å². The first kappa shape index (κ1) is 78.0. The van der Waals surface area contributed by atoms with E-state index in [0.29, 0.717) is 19.0 Å². The van der Waals surface area contributed by atoms with Crippen molar-refractivity contribution in [2.24, 2.45) is 0 Å². The number of rotatable bonds is 31. The first-order chi connectivity index (χ1) is 50.7. The number of anilines is 1. The van der Waals surface area contributed by atoms with Crippen LogP contribution in [-0.4, -0.2) is 128 Å². The Balaban J connectivity index is 0.000000168. The summed E-state index contributed by atoms with van der Waals surface area (Å²) in [7, 11) is -0.0541. The average Bonchev–Trinajstić information content (AvgIpc) is 1.71. The fraction of sp³-hybridized carbons (Fsp3) is 0.341. The van der Waals surface area contributed by atoms with Crippen LogP contribution in [0.5, 0.6) is 17.2 Å². The number of benzene rings is 4. The predicted octanol–water partition coefficient (Wildman–Crippen LogP) is 18.3. The highest BCUT2D eigenvalue weighted by Gasteiger charge is 2.23. The van der Waals surface area contributed by atoms with E-state index in [1.54, 1.807) is 40.9 Å². The van der Waals surface area contributed by atoms with Gasteiger partial charge in [0.2, 0.25) is 0 Å². The zero-order valence-corrected chi connectivity index (χ0v) is 63.4. The number of aliphatic hydroxyl groups excluding tert-OH is 1. The Morgan fingerprint density at radius 3 is 1.34 bits per heavy atom. The number of aryl methyl sites for hydroxylation is 3. The third kappa shape index (κ3) is 24.8. The Bertz CT molecular complexity index is 4410. The maximum atomic E-state index is 12.4. The van der Waals surface area contributed by atoms with Gasteiger partial charge in [0.05, 0.1) is 54.4 Å². The van der Waals surface area contributed by atoms with Crippen LogP contribution in [0.15, 0.2) is 175 Å². The molecule has 12 rings (SSSR count). The van der Waals surface area contributed by atoms with Gasteiger partial charge >= 0.3 is 0 Å². The van der Waals surface area contributed by atoms with Crippen molar-refractivity contribution in [3.05, 3.63) is 219 Å². The fourth-order valence-corrected chi connectivity index (χ4v) is 14.3. The van der Waals surface area contributed by atoms with Gasteiger partial charge in [-0.05, 0) is 197 Å². The van der Waals surface area contributed by atoms with Crippen molar-refractivity contribution >= 4 is 117 Å². The standard InChI is InChI=1S/C28H29N3O5S2.2C27H32N2O3S/c1-20-8-12-24(13-9-20)38(33,34)35-19-23(18-32)36-22-11-14-25-26(16-22)37-28(30-25)7-5-4-6-21-10-15-27(29-17-21)31(2)3;2*1-3-21-13-12-20(18-28-21)9-5-6-10-26-29-24-15-14-23(17-25(24)33-26)31-19-22(4-2)32-27-11-7-8-16-30-27/h4-17,23,32H,18-19H2,1-3H3;2*5-6,9-10,12-15,17-18,22,27H,3-4,7-8,11,16,19H2,1-2H3/b6-4+,7-5+;2*9-5+,10-6+. The summed E-state index contributed by atoms with van der Waals surface area (Å²) in [5, 5.41) is 12.5. The minimum Gasteiger partial charge on any atom is -0.491 e. The maximum absolute atomic E-state index is 12.4. The fourth-order valence-electron chi connectivity index (χ4n) is 10.6. The molecule has 6 aromatic heterocycles. The molecule has 2 aliphatic rings. The van der Waals surface area contributed by atoms with Gasteiger partial charge in [-0.2, -0.15) is 8.42 Å². The highest BCUT2D eigenvalue weighted by atomic mass is 32.2. The van der Waals surface area contributed by atoms with Gasteiger partial charge in [-0.25, -0.2) is 19.9 Å². The Kier molecular flexibility index (Phi) is 30.4. The molecule has 0 bridgehead atoms. The van der Waals surface area contributed by atoms with Crippen molar-refractivity contribution in [3.8, 4) is 17.2 Å². The SMILES string of the molecule is CCc1ccc(/C=C/C=C/c2nc3ccc(OCC(CC)OC4CCCCO4)cc3s2)cn1.CCc1ccc(/C=C/C=C/c2nc3ccc(OCC(CC)OC4CCCCO4)cc3s2)cn1.Cc1ccc(S(=O)(=O)OCC(CO)Oc2ccc3nc(/C=C/C=C/c4ccc(N(C)C)nc4)sc3c2)cc1. The number of allylic oxidation sites excluding steroid dienone is 6. The molecule has 2 saturated heterocycles. The summed E-state index contributed by atoms with van der Waals surface area (Å²) in [6, 6.07) is 36.1. The van der Waals surface area contributed by atoms with Crippen LogP contribution in [0.2, 0.25) is 0 Å². The molecule has 10 aromatic rings. The Morgan fingerprint density at radius 1 is 0.519 bits per heavy atom. The molecule has 0 saturated carbocycles. The van der Waals surface area contributed by atoms with E-state index in [9.17, 15) is 13.5 Å². The van der Waals surface area contributed by atoms with Crippen molar-refractivity contribution in [3.63, 3.8) is 0 Å². The van der Waals surface area contributed by atoms with E-state index in [-0.39, 0.29) is 36.3 Å². The van der Waals surface area contributed by atoms with Crippen LogP contribution >= 0.6 is 34.0 Å². The van der Waals surface area contributed by atoms with Crippen LogP contribution in [0.25, 0.3) is 67.1 Å². The summed E-state index contributed by atoms with van der Waals surface area (Å²) in [4.78, 5) is 29.2. The lowest BCUT2D eigenvalue weighted by atomic mass is 10.2. The summed E-state index contributed by atoms with van der Waals surface area (Å²) >= 11 is 4.81. The number of thiazole rings is 3. The van der Waals surface area contributed by atoms with Gasteiger partial charge in [0, 0.05) is 57.3 Å². The highest BCUT2D eigenvalue weighted by molar-refractivity contribution is 7.86. The minimum absolute atomic E-state index is 0.0314. The van der Waals surface area contributed by atoms with E-state index < -0.39 is 22.8 Å².